The zero-order valence-corrected chi connectivity index (χ0v) is 41.1. The van der Waals surface area contributed by atoms with E-state index in [-0.39, 0.29) is 38.4 Å². The van der Waals surface area contributed by atoms with Gasteiger partial charge in [0.2, 0.25) is 5.91 Å². The van der Waals surface area contributed by atoms with Crippen molar-refractivity contribution in [1.82, 2.24) is 5.32 Å². The number of nitrogens with one attached hydrogen (secondary N) is 1. The van der Waals surface area contributed by atoms with Crippen molar-refractivity contribution in [3.05, 3.63) is 48.0 Å². The normalized spacial score (nSPS) is 23.1. The van der Waals surface area contributed by atoms with Gasteiger partial charge in [0, 0.05) is 18.3 Å². The third-order valence-electron chi connectivity index (χ3n) is 13.5. The van der Waals surface area contributed by atoms with Crippen LogP contribution in [0.15, 0.2) is 42.5 Å². The lowest BCUT2D eigenvalue weighted by molar-refractivity contribution is -0.170. The molecule has 2 fully saturated rings. The molecule has 10 heteroatoms. The van der Waals surface area contributed by atoms with Gasteiger partial charge in [-0.05, 0) is 43.9 Å². The molecule has 0 spiro atoms. The number of carbonyl (C=O) groups excluding carboxylic acids is 4. The van der Waals surface area contributed by atoms with E-state index in [4.69, 9.17) is 18.9 Å². The minimum absolute atomic E-state index is 0.0231. The van der Waals surface area contributed by atoms with Crippen LogP contribution in [-0.4, -0.2) is 72.6 Å². The van der Waals surface area contributed by atoms with Crippen LogP contribution in [0.4, 0.5) is 0 Å². The third-order valence-corrected chi connectivity index (χ3v) is 13.5. The maximum Gasteiger partial charge on any atom is 0.338 e. The summed E-state index contributed by atoms with van der Waals surface area (Å²) >= 11 is 0. The number of rotatable bonds is 32. The number of unbranched alkanes of at least 4 members (excludes halogenated alkanes) is 25. The number of benzene rings is 1. The van der Waals surface area contributed by atoms with E-state index in [2.05, 4.69) is 19.2 Å². The second-order valence-corrected chi connectivity index (χ2v) is 19.2. The van der Waals surface area contributed by atoms with Crippen LogP contribution < -0.4 is 5.32 Å². The van der Waals surface area contributed by atoms with Crippen LogP contribution >= 0.6 is 0 Å². The van der Waals surface area contributed by atoms with Gasteiger partial charge in [0.1, 0.15) is 12.2 Å². The van der Waals surface area contributed by atoms with Crippen molar-refractivity contribution in [2.45, 2.75) is 250 Å². The SMILES string of the molecule is CCCCCCCCCCCCC/C=C/[C@H]1OC(=O)CCC(=O)OCC2C[C@@H](OC[C@@H]1NC(=O)CCCCCCCCCCCCCCCCC)C(OC(=O)c1ccccc1)[C@@H](C)[C@@H]2O. The van der Waals surface area contributed by atoms with E-state index in [0.717, 1.165) is 38.5 Å². The fourth-order valence-corrected chi connectivity index (χ4v) is 9.29. The molecule has 0 aromatic heterocycles. The van der Waals surface area contributed by atoms with Crippen LogP contribution in [0.5, 0.6) is 0 Å². The molecule has 65 heavy (non-hydrogen) atoms. The second kappa shape index (κ2) is 35.9. The van der Waals surface area contributed by atoms with E-state index in [1.165, 1.54) is 135 Å². The van der Waals surface area contributed by atoms with Gasteiger partial charge in [-0.25, -0.2) is 4.79 Å². The standard InChI is InChI=1S/C55H91NO9/c1-4-6-8-10-12-14-16-18-19-21-23-25-27-29-34-38-50(57)56-47-43-62-49-41-46(53(60)44(3)54(49)65-55(61)45-35-31-30-32-36-45)42-63-51(58)39-40-52(59)64-48(47)37-33-28-26-24-22-20-17-15-13-11-9-7-5-2/h30-33,35-37,44,46-49,53-54,60H,4-29,34,38-43H2,1-3H3,(H,56,57)/b37-33+/t44-,46?,47-,48+,49+,53-,54?/m0/s1. The molecular formula is C55H91NO9. The molecule has 7 atom stereocenters. The number of amides is 1. The molecule has 1 saturated heterocycles. The number of ether oxygens (including phenoxy) is 4. The first kappa shape index (κ1) is 56.1. The second-order valence-electron chi connectivity index (χ2n) is 19.2. The molecule has 2 N–H and O–H groups in total. The molecule has 1 heterocycles. The Kier molecular flexibility index (Phi) is 31.0. The summed E-state index contributed by atoms with van der Waals surface area (Å²) in [6, 6.07) is 7.95. The Morgan fingerprint density at radius 1 is 0.692 bits per heavy atom. The van der Waals surface area contributed by atoms with Crippen molar-refractivity contribution >= 4 is 23.8 Å². The van der Waals surface area contributed by atoms with Crippen molar-refractivity contribution in [2.75, 3.05) is 13.2 Å². The molecule has 0 radical (unpaired) electrons. The molecule has 1 aromatic carbocycles. The van der Waals surface area contributed by atoms with E-state index in [1.54, 1.807) is 31.2 Å². The van der Waals surface area contributed by atoms with Gasteiger partial charge < -0.3 is 29.4 Å². The molecular weight excluding hydrogens is 819 g/mol. The average molecular weight is 910 g/mol. The van der Waals surface area contributed by atoms with Gasteiger partial charge in [0.15, 0.2) is 0 Å². The van der Waals surface area contributed by atoms with Crippen molar-refractivity contribution in [3.63, 3.8) is 0 Å². The number of fused-ring (bicyclic) bond motifs is 2. The van der Waals surface area contributed by atoms with Crippen LogP contribution in [-0.2, 0) is 33.3 Å². The van der Waals surface area contributed by atoms with Gasteiger partial charge >= 0.3 is 17.9 Å². The summed E-state index contributed by atoms with van der Waals surface area (Å²) in [5.74, 6) is -2.85. The maximum atomic E-state index is 13.7. The molecule has 10 nitrogen and oxygen atoms in total. The number of cyclic esters (lactones) is 2. The first-order chi connectivity index (χ1) is 31.7. The lowest BCUT2D eigenvalue weighted by atomic mass is 9.76. The van der Waals surface area contributed by atoms with E-state index in [1.807, 2.05) is 18.2 Å². The first-order valence-corrected chi connectivity index (χ1v) is 26.6. The summed E-state index contributed by atoms with van der Waals surface area (Å²) in [7, 11) is 0. The Balaban J connectivity index is 1.64. The Labute approximate surface area is 394 Å². The number of carbonyl (C=O) groups is 4. The van der Waals surface area contributed by atoms with Crippen molar-refractivity contribution in [1.29, 1.82) is 0 Å². The highest BCUT2D eigenvalue weighted by Crippen LogP contribution is 2.35. The highest BCUT2D eigenvalue weighted by atomic mass is 16.6. The molecule has 2 bridgehead atoms. The summed E-state index contributed by atoms with van der Waals surface area (Å²) in [4.78, 5) is 53.1. The average Bonchev–Trinajstić information content (AvgIpc) is 3.31. The minimum Gasteiger partial charge on any atom is -0.465 e. The number of hydrogen-bond acceptors (Lipinski definition) is 9. The number of aliphatic hydroxyl groups is 1. The van der Waals surface area contributed by atoms with Gasteiger partial charge in [0.05, 0.1) is 49.9 Å². The summed E-state index contributed by atoms with van der Waals surface area (Å²) in [6.45, 7) is 6.23. The lowest BCUT2D eigenvalue weighted by Gasteiger charge is -2.43. The molecule has 1 aliphatic carbocycles. The zero-order chi connectivity index (χ0) is 46.7. The Morgan fingerprint density at radius 3 is 1.75 bits per heavy atom. The minimum atomic E-state index is -0.939. The van der Waals surface area contributed by atoms with Gasteiger partial charge in [-0.15, -0.1) is 0 Å². The van der Waals surface area contributed by atoms with Gasteiger partial charge in [-0.3, -0.25) is 14.4 Å². The van der Waals surface area contributed by atoms with Crippen molar-refractivity contribution in [2.24, 2.45) is 11.8 Å². The summed E-state index contributed by atoms with van der Waals surface area (Å²) in [5.41, 5.74) is 0.380. The number of aliphatic hydroxyl groups excluding tert-OH is 1. The van der Waals surface area contributed by atoms with E-state index >= 15 is 0 Å². The molecule has 2 aliphatic rings. The molecule has 1 aromatic rings. The van der Waals surface area contributed by atoms with Gasteiger partial charge in [-0.2, -0.15) is 0 Å². The fourth-order valence-electron chi connectivity index (χ4n) is 9.29. The fraction of sp³-hybridized carbons (Fsp3) is 0.782. The van der Waals surface area contributed by atoms with Crippen LogP contribution in [0.25, 0.3) is 0 Å². The largest absolute Gasteiger partial charge is 0.465 e. The predicted molar refractivity (Wildman–Crippen MR) is 260 cm³/mol. The first-order valence-electron chi connectivity index (χ1n) is 26.6. The van der Waals surface area contributed by atoms with Crippen LogP contribution in [0.1, 0.15) is 230 Å². The lowest BCUT2D eigenvalue weighted by Crippen LogP contribution is -2.54. The van der Waals surface area contributed by atoms with Crippen LogP contribution in [0.3, 0.4) is 0 Å². The molecule has 1 aliphatic heterocycles. The summed E-state index contributed by atoms with van der Waals surface area (Å²) in [6.07, 6.45) is 34.0. The van der Waals surface area contributed by atoms with E-state index in [9.17, 15) is 24.3 Å². The zero-order valence-electron chi connectivity index (χ0n) is 41.1. The topological polar surface area (TPSA) is 137 Å². The molecule has 1 amide bonds. The van der Waals surface area contributed by atoms with E-state index < -0.39 is 60.2 Å². The Bertz CT molecular complexity index is 1430. The van der Waals surface area contributed by atoms with Gasteiger partial charge in [-0.1, -0.05) is 199 Å². The Hall–Kier alpha value is -3.24. The molecule has 2 unspecified atom stereocenters. The highest BCUT2D eigenvalue weighted by molar-refractivity contribution is 5.89. The number of hydrogen-bond donors (Lipinski definition) is 2. The van der Waals surface area contributed by atoms with Crippen LogP contribution in [0, 0.1) is 11.8 Å². The van der Waals surface area contributed by atoms with Crippen LogP contribution in [0.2, 0.25) is 0 Å². The van der Waals surface area contributed by atoms with Crippen molar-refractivity contribution < 1.29 is 43.2 Å². The quantitative estimate of drug-likeness (QED) is 0.0313. The summed E-state index contributed by atoms with van der Waals surface area (Å²) < 4.78 is 24.3. The molecule has 3 rings (SSSR count). The number of allylic oxidation sites excluding steroid dienone is 1. The number of esters is 3. The maximum absolute atomic E-state index is 13.7. The monoisotopic (exact) mass is 910 g/mol. The Morgan fingerprint density at radius 2 is 1.20 bits per heavy atom. The smallest absolute Gasteiger partial charge is 0.338 e. The van der Waals surface area contributed by atoms with Gasteiger partial charge in [0.25, 0.3) is 0 Å². The van der Waals surface area contributed by atoms with E-state index in [0.29, 0.717) is 12.0 Å². The summed E-state index contributed by atoms with van der Waals surface area (Å²) in [5, 5.41) is 14.5. The predicted octanol–water partition coefficient (Wildman–Crippen LogP) is 12.9. The third kappa shape index (κ3) is 24.9. The highest BCUT2D eigenvalue weighted by Gasteiger charge is 2.46. The molecule has 370 valence electrons. The van der Waals surface area contributed by atoms with Crippen molar-refractivity contribution in [3.8, 4) is 0 Å². The molecule has 1 saturated carbocycles.